The number of hydrogen-bond acceptors (Lipinski definition) is 5. The van der Waals surface area contributed by atoms with Crippen LogP contribution in [0, 0.1) is 0 Å². The molecule has 2 aromatic rings. The number of para-hydroxylation sites is 1. The number of rotatable bonds is 5. The van der Waals surface area contributed by atoms with E-state index >= 15 is 0 Å². The molecule has 2 aromatic carbocycles. The number of carbonyl (C=O) groups is 1. The highest BCUT2D eigenvalue weighted by molar-refractivity contribution is 7.99. The van der Waals surface area contributed by atoms with E-state index in [0.29, 0.717) is 5.69 Å². The van der Waals surface area contributed by atoms with Gasteiger partial charge in [-0.3, -0.25) is 0 Å². The number of methoxy groups -OCH3 is 1. The van der Waals surface area contributed by atoms with Crippen LogP contribution in [0.4, 0.5) is 5.69 Å². The van der Waals surface area contributed by atoms with E-state index in [0.717, 1.165) is 10.5 Å². The smallest absolute Gasteiger partial charge is 0.336 e. The third-order valence-electron chi connectivity index (χ3n) is 3.03. The van der Waals surface area contributed by atoms with E-state index in [1.807, 2.05) is 48.5 Å². The number of esters is 1. The Morgan fingerprint density at radius 1 is 1.14 bits per heavy atom. The Hall–Kier alpha value is -1.98. The molecule has 0 fully saturated rings. The molecule has 2 rings (SSSR count). The van der Waals surface area contributed by atoms with E-state index in [1.54, 1.807) is 6.07 Å². The van der Waals surface area contributed by atoms with Gasteiger partial charge in [-0.15, -0.1) is 11.8 Å². The average Bonchev–Trinajstić information content (AvgIpc) is 2.53. The zero-order chi connectivity index (χ0) is 15.2. The van der Waals surface area contributed by atoms with Crippen molar-refractivity contribution in [2.45, 2.75) is 16.2 Å². The van der Waals surface area contributed by atoms with E-state index in [-0.39, 0.29) is 0 Å². The van der Waals surface area contributed by atoms with Crippen LogP contribution in [-0.4, -0.2) is 24.3 Å². The number of aliphatic hydroxyl groups excluding tert-OH is 1. The zero-order valence-electron chi connectivity index (χ0n) is 11.6. The minimum atomic E-state index is -1.26. The van der Waals surface area contributed by atoms with Gasteiger partial charge in [0.05, 0.1) is 12.4 Å². The van der Waals surface area contributed by atoms with Gasteiger partial charge >= 0.3 is 5.97 Å². The molecule has 2 atom stereocenters. The van der Waals surface area contributed by atoms with Crippen LogP contribution in [0.15, 0.2) is 59.5 Å². The van der Waals surface area contributed by atoms with Gasteiger partial charge in [-0.05, 0) is 17.7 Å². The number of nitrogen functional groups attached to an aromatic ring is 1. The fourth-order valence-electron chi connectivity index (χ4n) is 1.93. The highest BCUT2D eigenvalue weighted by atomic mass is 32.2. The molecule has 0 aliphatic carbocycles. The van der Waals surface area contributed by atoms with Gasteiger partial charge in [-0.1, -0.05) is 42.5 Å². The average molecular weight is 303 g/mol. The Kier molecular flexibility index (Phi) is 5.25. The quantitative estimate of drug-likeness (QED) is 0.505. The zero-order valence-corrected chi connectivity index (χ0v) is 12.4. The number of hydrogen-bond donors (Lipinski definition) is 2. The molecule has 1 unspecified atom stereocenters. The van der Waals surface area contributed by atoms with Gasteiger partial charge in [-0.2, -0.15) is 0 Å². The number of thioether (sulfide) groups is 1. The molecule has 4 nitrogen and oxygen atoms in total. The Balaban J connectivity index is 2.33. The van der Waals surface area contributed by atoms with Crippen LogP contribution < -0.4 is 5.73 Å². The molecule has 0 aliphatic heterocycles. The van der Waals surface area contributed by atoms with Crippen molar-refractivity contribution in [3.8, 4) is 0 Å². The van der Waals surface area contributed by atoms with Crippen molar-refractivity contribution < 1.29 is 14.6 Å². The topological polar surface area (TPSA) is 72.5 Å². The normalized spacial score (nSPS) is 13.4. The van der Waals surface area contributed by atoms with Crippen LogP contribution >= 0.6 is 11.8 Å². The van der Waals surface area contributed by atoms with E-state index in [1.165, 1.54) is 18.9 Å². The number of ether oxygens (including phenoxy) is 1. The molecule has 0 radical (unpaired) electrons. The Bertz CT molecular complexity index is 603. The van der Waals surface area contributed by atoms with E-state index < -0.39 is 17.3 Å². The maximum atomic E-state index is 11.7. The van der Waals surface area contributed by atoms with Crippen LogP contribution in [0.1, 0.15) is 10.8 Å². The van der Waals surface area contributed by atoms with Crippen molar-refractivity contribution in [3.63, 3.8) is 0 Å². The van der Waals surface area contributed by atoms with E-state index in [2.05, 4.69) is 4.74 Å². The minimum Gasteiger partial charge on any atom is -0.467 e. The lowest BCUT2D eigenvalue weighted by atomic mass is 10.1. The Labute approximate surface area is 127 Å². The monoisotopic (exact) mass is 303 g/mol. The van der Waals surface area contributed by atoms with Gasteiger partial charge < -0.3 is 15.6 Å². The summed E-state index contributed by atoms with van der Waals surface area (Å²) in [5, 5.41) is 9.76. The summed E-state index contributed by atoms with van der Waals surface area (Å²) in [6.45, 7) is 0. The molecule has 0 aliphatic rings. The lowest BCUT2D eigenvalue weighted by Gasteiger charge is -2.21. The second-order valence-corrected chi connectivity index (χ2v) is 5.64. The lowest BCUT2D eigenvalue weighted by molar-refractivity contribution is -0.150. The van der Waals surface area contributed by atoms with Crippen LogP contribution in [0.2, 0.25) is 0 Å². The van der Waals surface area contributed by atoms with E-state index in [9.17, 15) is 9.90 Å². The summed E-state index contributed by atoms with van der Waals surface area (Å²) in [5.74, 6) is -0.661. The van der Waals surface area contributed by atoms with Gasteiger partial charge in [-0.25, -0.2) is 4.79 Å². The predicted molar refractivity (Wildman–Crippen MR) is 83.9 cm³/mol. The van der Waals surface area contributed by atoms with Crippen molar-refractivity contribution in [1.82, 2.24) is 0 Å². The summed E-state index contributed by atoms with van der Waals surface area (Å²) in [6.07, 6.45) is -1.26. The SMILES string of the molecule is COC(=O)C(O)[C@H](Sc1ccccc1N)c1ccccc1. The molecule has 0 bridgehead atoms. The molecular weight excluding hydrogens is 286 g/mol. The van der Waals surface area contributed by atoms with Crippen LogP contribution in [0.25, 0.3) is 0 Å². The van der Waals surface area contributed by atoms with Gasteiger partial charge in [0.15, 0.2) is 6.10 Å². The minimum absolute atomic E-state index is 0.483. The van der Waals surface area contributed by atoms with Gasteiger partial charge in [0, 0.05) is 10.6 Å². The van der Waals surface area contributed by atoms with Gasteiger partial charge in [0.2, 0.25) is 0 Å². The van der Waals surface area contributed by atoms with Gasteiger partial charge in [0.1, 0.15) is 0 Å². The highest BCUT2D eigenvalue weighted by Gasteiger charge is 2.29. The first kappa shape index (κ1) is 15.4. The lowest BCUT2D eigenvalue weighted by Crippen LogP contribution is -2.27. The molecule has 0 amide bonds. The first-order chi connectivity index (χ1) is 10.1. The molecule has 3 N–H and O–H groups in total. The molecular formula is C16H17NO3S. The van der Waals surface area contributed by atoms with Gasteiger partial charge in [0.25, 0.3) is 0 Å². The number of carbonyl (C=O) groups excluding carboxylic acids is 1. The van der Waals surface area contributed by atoms with E-state index in [4.69, 9.17) is 5.73 Å². The predicted octanol–water partition coefficient (Wildman–Crippen LogP) is 2.64. The third-order valence-corrected chi connectivity index (χ3v) is 4.44. The second kappa shape index (κ2) is 7.15. The highest BCUT2D eigenvalue weighted by Crippen LogP contribution is 2.40. The Morgan fingerprint density at radius 3 is 2.38 bits per heavy atom. The van der Waals surface area contributed by atoms with Crippen molar-refractivity contribution in [1.29, 1.82) is 0 Å². The summed E-state index contributed by atoms with van der Waals surface area (Å²) < 4.78 is 4.65. The maximum absolute atomic E-state index is 11.7. The van der Waals surface area contributed by atoms with Crippen LogP contribution in [-0.2, 0) is 9.53 Å². The molecule has 0 spiro atoms. The molecule has 110 valence electrons. The van der Waals surface area contributed by atoms with Crippen molar-refractivity contribution >= 4 is 23.4 Å². The fourth-order valence-corrected chi connectivity index (χ4v) is 3.09. The fraction of sp³-hybridized carbons (Fsp3) is 0.188. The number of anilines is 1. The number of benzene rings is 2. The summed E-state index contributed by atoms with van der Waals surface area (Å²) in [7, 11) is 1.26. The Morgan fingerprint density at radius 2 is 1.76 bits per heavy atom. The van der Waals surface area contributed by atoms with Crippen molar-refractivity contribution in [2.75, 3.05) is 12.8 Å². The summed E-state index contributed by atoms with van der Waals surface area (Å²) in [4.78, 5) is 12.5. The summed E-state index contributed by atoms with van der Waals surface area (Å²) in [6, 6.07) is 16.7. The summed E-state index contributed by atoms with van der Waals surface area (Å²) >= 11 is 1.34. The standard InChI is InChI=1S/C16H17NO3S/c1-20-16(19)14(18)15(11-7-3-2-4-8-11)21-13-10-6-5-9-12(13)17/h2-10,14-15,18H,17H2,1H3/t14?,15-/m1/s1. The van der Waals surface area contributed by atoms with Crippen molar-refractivity contribution in [2.24, 2.45) is 0 Å². The molecule has 0 saturated heterocycles. The first-order valence-corrected chi connectivity index (χ1v) is 7.33. The molecule has 5 heteroatoms. The first-order valence-electron chi connectivity index (χ1n) is 6.45. The van der Waals surface area contributed by atoms with Crippen molar-refractivity contribution in [3.05, 3.63) is 60.2 Å². The molecule has 0 aromatic heterocycles. The molecule has 0 heterocycles. The maximum Gasteiger partial charge on any atom is 0.336 e. The van der Waals surface area contributed by atoms with Crippen LogP contribution in [0.3, 0.4) is 0 Å². The van der Waals surface area contributed by atoms with Crippen LogP contribution in [0.5, 0.6) is 0 Å². The largest absolute Gasteiger partial charge is 0.467 e. The molecule has 0 saturated carbocycles. The summed E-state index contributed by atoms with van der Waals surface area (Å²) in [5.41, 5.74) is 7.39. The third kappa shape index (κ3) is 3.77. The number of nitrogens with two attached hydrogens (primary N) is 1. The molecule has 21 heavy (non-hydrogen) atoms. The second-order valence-electron chi connectivity index (χ2n) is 4.45. The number of aliphatic hydroxyl groups is 1.